The summed E-state index contributed by atoms with van der Waals surface area (Å²) in [5.41, 5.74) is 8.93. The van der Waals surface area contributed by atoms with Crippen LogP contribution in [0.5, 0.6) is 11.5 Å². The van der Waals surface area contributed by atoms with E-state index in [4.69, 9.17) is 15.7 Å². The largest absolute Gasteiger partial charge is 0.456 e. The zero-order valence-corrected chi connectivity index (χ0v) is 12.4. The highest BCUT2D eigenvalue weighted by Crippen LogP contribution is 2.28. The van der Waals surface area contributed by atoms with Crippen LogP contribution in [0.15, 0.2) is 35.5 Å². The molecule has 0 aliphatic rings. The molecular weight excluding hydrogens is 266 g/mol. The number of nitrogens with two attached hydrogens (primary N) is 1. The lowest BCUT2D eigenvalue weighted by atomic mass is 10.1. The summed E-state index contributed by atoms with van der Waals surface area (Å²) in [5.74, 6) is 1.21. The van der Waals surface area contributed by atoms with Gasteiger partial charge in [-0.3, -0.25) is 4.98 Å². The summed E-state index contributed by atoms with van der Waals surface area (Å²) in [6.45, 7) is 5.77. The molecule has 0 fully saturated rings. The van der Waals surface area contributed by atoms with E-state index in [-0.39, 0.29) is 5.84 Å². The lowest BCUT2D eigenvalue weighted by molar-refractivity contribution is 0.318. The molecule has 1 aromatic carbocycles. The van der Waals surface area contributed by atoms with Gasteiger partial charge in [0.15, 0.2) is 5.84 Å². The third-order valence-corrected chi connectivity index (χ3v) is 3.22. The molecule has 0 unspecified atom stereocenters. The highest BCUT2D eigenvalue weighted by Gasteiger charge is 2.15. The molecule has 21 heavy (non-hydrogen) atoms. The molecule has 110 valence electrons. The number of hydrogen-bond acceptors (Lipinski definition) is 4. The normalized spacial score (nSPS) is 11.5. The van der Waals surface area contributed by atoms with Gasteiger partial charge in [-0.2, -0.15) is 0 Å². The number of aromatic nitrogens is 1. The van der Waals surface area contributed by atoms with E-state index in [0.29, 0.717) is 22.8 Å². The molecule has 2 aromatic rings. The fraction of sp³-hybridized carbons (Fsp3) is 0.250. The molecule has 0 saturated carbocycles. The second-order valence-corrected chi connectivity index (χ2v) is 4.81. The van der Waals surface area contributed by atoms with Crippen LogP contribution in [0.3, 0.4) is 0 Å². The average Bonchev–Trinajstić information content (AvgIpc) is 2.47. The molecule has 3 N–H and O–H groups in total. The molecule has 0 aliphatic carbocycles. The first-order chi connectivity index (χ1) is 10.0. The van der Waals surface area contributed by atoms with Crippen LogP contribution in [0.4, 0.5) is 0 Å². The fourth-order valence-electron chi connectivity index (χ4n) is 2.16. The number of pyridine rings is 1. The van der Waals surface area contributed by atoms with Gasteiger partial charge in [0.2, 0.25) is 0 Å². The summed E-state index contributed by atoms with van der Waals surface area (Å²) < 4.78 is 5.88. The molecule has 0 amide bonds. The van der Waals surface area contributed by atoms with Crippen LogP contribution in [0.1, 0.15) is 29.4 Å². The van der Waals surface area contributed by atoms with Crippen LogP contribution in [0.25, 0.3) is 0 Å². The second-order valence-electron chi connectivity index (χ2n) is 4.81. The Morgan fingerprint density at radius 1 is 1.29 bits per heavy atom. The molecule has 5 heteroatoms. The van der Waals surface area contributed by atoms with Gasteiger partial charge in [0.25, 0.3) is 0 Å². The highest BCUT2D eigenvalue weighted by atomic mass is 16.5. The molecule has 0 aliphatic heterocycles. The Morgan fingerprint density at radius 2 is 1.95 bits per heavy atom. The van der Waals surface area contributed by atoms with Crippen LogP contribution in [-0.2, 0) is 6.42 Å². The van der Waals surface area contributed by atoms with Gasteiger partial charge in [-0.15, -0.1) is 0 Å². The second kappa shape index (κ2) is 6.26. The van der Waals surface area contributed by atoms with Crippen LogP contribution in [0, 0.1) is 13.8 Å². The van der Waals surface area contributed by atoms with E-state index >= 15 is 0 Å². The minimum absolute atomic E-state index is 0.0137. The summed E-state index contributed by atoms with van der Waals surface area (Å²) in [4.78, 5) is 4.32. The van der Waals surface area contributed by atoms with E-state index < -0.39 is 0 Å². The predicted molar refractivity (Wildman–Crippen MR) is 82.1 cm³/mol. The van der Waals surface area contributed by atoms with Gasteiger partial charge in [-0.1, -0.05) is 24.2 Å². The van der Waals surface area contributed by atoms with Crippen LogP contribution in [0.2, 0.25) is 0 Å². The lowest BCUT2D eigenvalue weighted by Crippen LogP contribution is -2.17. The lowest BCUT2D eigenvalue weighted by Gasteiger charge is -2.13. The van der Waals surface area contributed by atoms with Crippen molar-refractivity contribution in [3.8, 4) is 11.5 Å². The van der Waals surface area contributed by atoms with Crippen molar-refractivity contribution in [2.75, 3.05) is 0 Å². The Kier molecular flexibility index (Phi) is 4.42. The van der Waals surface area contributed by atoms with Crippen molar-refractivity contribution in [2.45, 2.75) is 27.2 Å². The van der Waals surface area contributed by atoms with Crippen molar-refractivity contribution in [1.82, 2.24) is 4.98 Å². The van der Waals surface area contributed by atoms with Crippen LogP contribution >= 0.6 is 0 Å². The van der Waals surface area contributed by atoms with Crippen molar-refractivity contribution < 1.29 is 9.94 Å². The van der Waals surface area contributed by atoms with E-state index in [0.717, 1.165) is 12.1 Å². The average molecular weight is 285 g/mol. The zero-order chi connectivity index (χ0) is 15.4. The Balaban J connectivity index is 2.42. The maximum atomic E-state index is 8.92. The molecule has 1 aromatic heterocycles. The molecule has 0 radical (unpaired) electrons. The number of aryl methyl sites for hydroxylation is 3. The topological polar surface area (TPSA) is 80.7 Å². The van der Waals surface area contributed by atoms with Gasteiger partial charge in [-0.05, 0) is 38.0 Å². The molecule has 1 heterocycles. The fourth-order valence-corrected chi connectivity index (χ4v) is 2.16. The van der Waals surface area contributed by atoms with Gasteiger partial charge >= 0.3 is 0 Å². The standard InChI is InChI=1S/C16H19N3O2/c1-4-12-5-7-13(8-6-12)21-14-9-10(2)18-11(3)15(14)16(17)19-20/h5-9,20H,4H2,1-3H3,(H2,17,19). The quantitative estimate of drug-likeness (QED) is 0.391. The maximum Gasteiger partial charge on any atom is 0.175 e. The molecule has 0 atom stereocenters. The number of oxime groups is 1. The van der Waals surface area contributed by atoms with Crippen molar-refractivity contribution in [1.29, 1.82) is 0 Å². The third kappa shape index (κ3) is 3.31. The Labute approximate surface area is 124 Å². The maximum absolute atomic E-state index is 8.92. The Morgan fingerprint density at radius 3 is 2.52 bits per heavy atom. The van der Waals surface area contributed by atoms with Crippen molar-refractivity contribution in [3.05, 3.63) is 52.8 Å². The number of rotatable bonds is 4. The van der Waals surface area contributed by atoms with Crippen LogP contribution in [-0.4, -0.2) is 16.0 Å². The van der Waals surface area contributed by atoms with Gasteiger partial charge in [0.1, 0.15) is 11.5 Å². The molecule has 0 spiro atoms. The monoisotopic (exact) mass is 285 g/mol. The van der Waals surface area contributed by atoms with E-state index in [1.807, 2.05) is 31.2 Å². The number of ether oxygens (including phenoxy) is 1. The van der Waals surface area contributed by atoms with E-state index in [1.165, 1.54) is 5.56 Å². The number of hydrogen-bond donors (Lipinski definition) is 2. The molecule has 2 rings (SSSR count). The minimum Gasteiger partial charge on any atom is -0.456 e. The van der Waals surface area contributed by atoms with E-state index in [9.17, 15) is 0 Å². The zero-order valence-electron chi connectivity index (χ0n) is 12.4. The smallest absolute Gasteiger partial charge is 0.175 e. The highest BCUT2D eigenvalue weighted by molar-refractivity contribution is 6.00. The van der Waals surface area contributed by atoms with E-state index in [2.05, 4.69) is 17.1 Å². The van der Waals surface area contributed by atoms with Crippen molar-refractivity contribution in [3.63, 3.8) is 0 Å². The summed E-state index contributed by atoms with van der Waals surface area (Å²) in [6.07, 6.45) is 0.975. The van der Waals surface area contributed by atoms with Gasteiger partial charge in [-0.25, -0.2) is 0 Å². The third-order valence-electron chi connectivity index (χ3n) is 3.22. The summed E-state index contributed by atoms with van der Waals surface area (Å²) >= 11 is 0. The Hall–Kier alpha value is -2.56. The Bertz CT molecular complexity index is 664. The molecule has 0 bridgehead atoms. The number of nitrogens with zero attached hydrogens (tertiary/aromatic N) is 2. The number of amidine groups is 1. The SMILES string of the molecule is CCc1ccc(Oc2cc(C)nc(C)c2/C(N)=N/O)cc1. The molecular formula is C16H19N3O2. The number of benzene rings is 1. The first-order valence-corrected chi connectivity index (χ1v) is 6.78. The minimum atomic E-state index is -0.0137. The van der Waals surface area contributed by atoms with Gasteiger partial charge in [0, 0.05) is 11.8 Å². The summed E-state index contributed by atoms with van der Waals surface area (Å²) in [6, 6.07) is 9.60. The van der Waals surface area contributed by atoms with Crippen molar-refractivity contribution >= 4 is 5.84 Å². The predicted octanol–water partition coefficient (Wildman–Crippen LogP) is 3.15. The van der Waals surface area contributed by atoms with Gasteiger partial charge in [0.05, 0.1) is 11.3 Å². The van der Waals surface area contributed by atoms with Gasteiger partial charge < -0.3 is 15.7 Å². The first kappa shape index (κ1) is 14.8. The molecule has 5 nitrogen and oxygen atoms in total. The first-order valence-electron chi connectivity index (χ1n) is 6.78. The van der Waals surface area contributed by atoms with Crippen LogP contribution < -0.4 is 10.5 Å². The van der Waals surface area contributed by atoms with Crippen molar-refractivity contribution in [2.24, 2.45) is 10.9 Å². The summed E-state index contributed by atoms with van der Waals surface area (Å²) in [5, 5.41) is 12.0. The summed E-state index contributed by atoms with van der Waals surface area (Å²) in [7, 11) is 0. The van der Waals surface area contributed by atoms with E-state index in [1.54, 1.807) is 13.0 Å². The molecule has 0 saturated heterocycles.